The van der Waals surface area contributed by atoms with E-state index in [9.17, 15) is 0 Å². The zero-order chi connectivity index (χ0) is 5.40. The Kier molecular flexibility index (Phi) is 0.545. The second kappa shape index (κ2) is 1.15. The van der Waals surface area contributed by atoms with Gasteiger partial charge in [0.25, 0.3) is 0 Å². The minimum absolute atomic E-state index is 1.06. The Labute approximate surface area is 46.4 Å². The highest BCUT2D eigenvalue weighted by Crippen LogP contribution is 2.19. The zero-order valence-corrected chi connectivity index (χ0v) is 4.22. The molecule has 2 heteroatoms. The van der Waals surface area contributed by atoms with Gasteiger partial charge in [0, 0.05) is 5.56 Å². The summed E-state index contributed by atoms with van der Waals surface area (Å²) in [6, 6.07) is 5.95. The van der Waals surface area contributed by atoms with E-state index in [0.29, 0.717) is 0 Å². The number of aromatic amines is 1. The molecule has 0 aromatic rings. The van der Waals surface area contributed by atoms with Gasteiger partial charge in [0.2, 0.25) is 0 Å². The maximum absolute atomic E-state index is 4.78. The van der Waals surface area contributed by atoms with Crippen LogP contribution in [-0.4, -0.2) is 5.16 Å². The molecule has 0 fully saturated rings. The van der Waals surface area contributed by atoms with Crippen molar-refractivity contribution in [1.29, 1.82) is 0 Å². The first-order valence-corrected chi connectivity index (χ1v) is 2.47. The third-order valence-corrected chi connectivity index (χ3v) is 1.20. The molecule has 0 saturated heterocycles. The molecule has 1 aliphatic heterocycles. The first-order chi connectivity index (χ1) is 3.97. The van der Waals surface area contributed by atoms with Crippen molar-refractivity contribution in [2.75, 3.05) is 0 Å². The van der Waals surface area contributed by atoms with Gasteiger partial charge >= 0.3 is 0 Å². The van der Waals surface area contributed by atoms with Crippen LogP contribution in [0, 0.1) is 0 Å². The molecule has 40 valence electrons. The highest BCUT2D eigenvalue weighted by atomic mass is 16.5. The Morgan fingerprint density at radius 2 is 2.38 bits per heavy atom. The summed E-state index contributed by atoms with van der Waals surface area (Å²) < 4.78 is 4.78. The molecule has 0 aromatic carbocycles. The number of nitrogens with one attached hydrogen (secondary N) is 1. The summed E-state index contributed by atoms with van der Waals surface area (Å²) in [4.78, 5) is 0. The van der Waals surface area contributed by atoms with Crippen LogP contribution < -0.4 is 0 Å². The maximum Gasteiger partial charge on any atom is 0.128 e. The largest absolute Gasteiger partial charge is 0.389 e. The Morgan fingerprint density at radius 1 is 1.38 bits per heavy atom. The van der Waals surface area contributed by atoms with Crippen LogP contribution in [0.1, 0.15) is 0 Å². The molecule has 0 bridgehead atoms. The van der Waals surface area contributed by atoms with E-state index in [1.165, 1.54) is 0 Å². The van der Waals surface area contributed by atoms with Gasteiger partial charge in [-0.1, -0.05) is 6.07 Å². The van der Waals surface area contributed by atoms with Crippen LogP contribution >= 0.6 is 0 Å². The molecule has 2 aliphatic rings. The van der Waals surface area contributed by atoms with E-state index < -0.39 is 0 Å². The van der Waals surface area contributed by atoms with Crippen LogP contribution in [0.15, 0.2) is 29.0 Å². The molecular formula is C6H5NO. The highest BCUT2D eigenvalue weighted by Gasteiger charge is 2.00. The fourth-order valence-corrected chi connectivity index (χ4v) is 0.786. The summed E-state index contributed by atoms with van der Waals surface area (Å²) in [5, 5.41) is 2.72. The lowest BCUT2D eigenvalue weighted by Gasteiger charge is -1.74. The standard InChI is InChI=1S/C6H5NO/c1-2-5-4-8-7-6(5)3-1/h1-4,7H. The van der Waals surface area contributed by atoms with Gasteiger partial charge in [0.1, 0.15) is 6.26 Å². The lowest BCUT2D eigenvalue weighted by atomic mass is 10.3. The van der Waals surface area contributed by atoms with E-state index in [4.69, 9.17) is 4.52 Å². The molecule has 0 spiro atoms. The molecule has 8 heavy (non-hydrogen) atoms. The Bertz CT molecular complexity index is 200. The van der Waals surface area contributed by atoms with E-state index in [0.717, 1.165) is 11.3 Å². The molecule has 0 aromatic heterocycles. The molecule has 1 N–H and O–H groups in total. The minimum atomic E-state index is 1.06. The fourth-order valence-electron chi connectivity index (χ4n) is 0.786. The Morgan fingerprint density at radius 3 is 3.25 bits per heavy atom. The first kappa shape index (κ1) is 3.78. The molecule has 0 atom stereocenters. The summed E-state index contributed by atoms with van der Waals surface area (Å²) in [6.07, 6.45) is 1.69. The molecular weight excluding hydrogens is 102 g/mol. The van der Waals surface area contributed by atoms with Gasteiger partial charge < -0.3 is 4.52 Å². The molecule has 1 aliphatic carbocycles. The predicted octanol–water partition coefficient (Wildman–Crippen LogP) is 1.71. The van der Waals surface area contributed by atoms with E-state index in [1.54, 1.807) is 6.26 Å². The number of hydrogen-bond donors (Lipinski definition) is 1. The summed E-state index contributed by atoms with van der Waals surface area (Å²) in [6.45, 7) is 0. The highest BCUT2D eigenvalue weighted by molar-refractivity contribution is 5.59. The molecule has 2 rings (SSSR count). The molecule has 0 saturated carbocycles. The van der Waals surface area contributed by atoms with Gasteiger partial charge in [-0.25, -0.2) is 5.16 Å². The van der Waals surface area contributed by atoms with E-state index in [2.05, 4.69) is 5.16 Å². The number of hydrogen-bond acceptors (Lipinski definition) is 1. The van der Waals surface area contributed by atoms with Crippen molar-refractivity contribution in [2.24, 2.45) is 0 Å². The van der Waals surface area contributed by atoms with Crippen molar-refractivity contribution in [3.63, 3.8) is 0 Å². The summed E-state index contributed by atoms with van der Waals surface area (Å²) >= 11 is 0. The lowest BCUT2D eigenvalue weighted by molar-refractivity contribution is 0.425. The van der Waals surface area contributed by atoms with E-state index in [-0.39, 0.29) is 0 Å². The smallest absolute Gasteiger partial charge is 0.128 e. The van der Waals surface area contributed by atoms with Crippen LogP contribution in [0.4, 0.5) is 0 Å². The van der Waals surface area contributed by atoms with Gasteiger partial charge in [-0.2, -0.15) is 0 Å². The zero-order valence-electron chi connectivity index (χ0n) is 4.22. The van der Waals surface area contributed by atoms with Crippen molar-refractivity contribution < 1.29 is 4.52 Å². The van der Waals surface area contributed by atoms with Crippen LogP contribution in [0.25, 0.3) is 11.3 Å². The van der Waals surface area contributed by atoms with Crippen LogP contribution in [0.2, 0.25) is 0 Å². The molecule has 0 unspecified atom stereocenters. The third-order valence-electron chi connectivity index (χ3n) is 1.20. The van der Waals surface area contributed by atoms with Crippen LogP contribution in [0.3, 0.4) is 0 Å². The number of fused-ring (bicyclic) bond motifs is 1. The van der Waals surface area contributed by atoms with E-state index >= 15 is 0 Å². The third kappa shape index (κ3) is 0.320. The summed E-state index contributed by atoms with van der Waals surface area (Å²) in [5.74, 6) is 0. The molecule has 0 radical (unpaired) electrons. The van der Waals surface area contributed by atoms with Gasteiger partial charge in [0.05, 0.1) is 5.69 Å². The second-order valence-corrected chi connectivity index (χ2v) is 1.73. The van der Waals surface area contributed by atoms with Gasteiger partial charge in [-0.15, -0.1) is 0 Å². The van der Waals surface area contributed by atoms with E-state index in [1.807, 2.05) is 18.2 Å². The van der Waals surface area contributed by atoms with Crippen molar-refractivity contribution in [3.8, 4) is 11.3 Å². The van der Waals surface area contributed by atoms with Crippen LogP contribution in [0.5, 0.6) is 0 Å². The monoisotopic (exact) mass is 107 g/mol. The topological polar surface area (TPSA) is 28.9 Å². The first-order valence-electron chi connectivity index (χ1n) is 2.47. The van der Waals surface area contributed by atoms with Crippen molar-refractivity contribution in [1.82, 2.24) is 5.16 Å². The Balaban J connectivity index is 2.84. The predicted molar refractivity (Wildman–Crippen MR) is 29.7 cm³/mol. The molecule has 1 heterocycles. The van der Waals surface area contributed by atoms with Crippen molar-refractivity contribution in [2.45, 2.75) is 0 Å². The van der Waals surface area contributed by atoms with Gasteiger partial charge in [-0.05, 0) is 12.1 Å². The molecule has 0 amide bonds. The molecule has 2 nitrogen and oxygen atoms in total. The number of rotatable bonds is 0. The van der Waals surface area contributed by atoms with Crippen LogP contribution in [-0.2, 0) is 0 Å². The van der Waals surface area contributed by atoms with Crippen molar-refractivity contribution in [3.05, 3.63) is 24.5 Å². The SMILES string of the molecule is c1cc2co[nH]c-2c1. The van der Waals surface area contributed by atoms with Gasteiger partial charge in [-0.3, -0.25) is 0 Å². The lowest BCUT2D eigenvalue weighted by Crippen LogP contribution is -1.59. The minimum Gasteiger partial charge on any atom is -0.389 e. The normalized spacial score (nSPS) is 10.5. The average Bonchev–Trinajstić information content (AvgIpc) is 2.15. The quantitative estimate of drug-likeness (QED) is 0.545. The summed E-state index contributed by atoms with van der Waals surface area (Å²) in [5.41, 5.74) is 2.19. The average molecular weight is 107 g/mol. The number of aromatic nitrogens is 1. The second-order valence-electron chi connectivity index (χ2n) is 1.73. The Hall–Kier alpha value is -1.18. The fraction of sp³-hybridized carbons (Fsp3) is 0. The van der Waals surface area contributed by atoms with Gasteiger partial charge in [0.15, 0.2) is 0 Å². The maximum atomic E-state index is 4.78. The van der Waals surface area contributed by atoms with Crippen molar-refractivity contribution >= 4 is 0 Å². The summed E-state index contributed by atoms with van der Waals surface area (Å²) in [7, 11) is 0. The number of H-pyrrole nitrogens is 1.